The molecule has 0 saturated heterocycles. The average molecular weight is 280 g/mol. The van der Waals surface area contributed by atoms with Gasteiger partial charge in [-0.2, -0.15) is 0 Å². The van der Waals surface area contributed by atoms with E-state index in [4.69, 9.17) is 10.2 Å². The van der Waals surface area contributed by atoms with Gasteiger partial charge < -0.3 is 55.1 Å². The molecule has 9 heteroatoms. The SMILES string of the molecule is OCC(O)C(O)C(O)C(O)COC(=S)[S-].[Na+]. The van der Waals surface area contributed by atoms with Gasteiger partial charge in [-0.1, -0.05) is 0 Å². The van der Waals surface area contributed by atoms with Gasteiger partial charge >= 0.3 is 29.6 Å². The van der Waals surface area contributed by atoms with Crippen molar-refractivity contribution >= 4 is 29.2 Å². The van der Waals surface area contributed by atoms with Gasteiger partial charge in [-0.15, -0.1) is 0 Å². The first-order valence-corrected chi connectivity index (χ1v) is 4.88. The zero-order valence-corrected chi connectivity index (χ0v) is 12.3. The summed E-state index contributed by atoms with van der Waals surface area (Å²) in [6.45, 7) is -1.12. The summed E-state index contributed by atoms with van der Waals surface area (Å²) in [7, 11) is 0. The van der Waals surface area contributed by atoms with Crippen molar-refractivity contribution < 1.29 is 59.8 Å². The molecule has 5 N–H and O–H groups in total. The van der Waals surface area contributed by atoms with Crippen molar-refractivity contribution in [1.29, 1.82) is 0 Å². The zero-order valence-electron chi connectivity index (χ0n) is 8.68. The van der Waals surface area contributed by atoms with E-state index in [9.17, 15) is 15.3 Å². The van der Waals surface area contributed by atoms with Gasteiger partial charge in [0, 0.05) is 4.38 Å². The fourth-order valence-corrected chi connectivity index (χ4v) is 0.951. The quantitative estimate of drug-likeness (QED) is 0.186. The summed E-state index contributed by atoms with van der Waals surface area (Å²) in [5, 5.41) is 45.2. The molecule has 90 valence electrons. The van der Waals surface area contributed by atoms with Gasteiger partial charge in [-0.25, -0.2) is 0 Å². The molecule has 4 unspecified atom stereocenters. The van der Waals surface area contributed by atoms with Crippen molar-refractivity contribution in [1.82, 2.24) is 0 Å². The van der Waals surface area contributed by atoms with Crippen molar-refractivity contribution in [3.8, 4) is 0 Å². The first-order valence-electron chi connectivity index (χ1n) is 4.07. The Hall–Kier alpha value is 0.910. The number of hydrogen-bond donors (Lipinski definition) is 5. The molecule has 6 nitrogen and oxygen atoms in total. The van der Waals surface area contributed by atoms with Crippen LogP contribution in [0.3, 0.4) is 0 Å². The molecule has 0 bridgehead atoms. The standard InChI is InChI=1S/C7H14O6S2.Na/c8-1-3(9)5(11)6(12)4(10)2-13-7(14)15;/h3-6,8-12H,1-2H2,(H,14,15);/q;+1/p-1. The van der Waals surface area contributed by atoms with Crippen LogP contribution in [-0.2, 0) is 17.4 Å². The Labute approximate surface area is 126 Å². The second-order valence-electron chi connectivity index (χ2n) is 2.86. The minimum Gasteiger partial charge on any atom is -0.511 e. The van der Waals surface area contributed by atoms with Crippen molar-refractivity contribution in [2.75, 3.05) is 13.2 Å². The van der Waals surface area contributed by atoms with Gasteiger partial charge in [0.25, 0.3) is 0 Å². The minimum absolute atomic E-state index is 0. The summed E-state index contributed by atoms with van der Waals surface area (Å²) < 4.78 is 4.35. The Morgan fingerprint density at radius 1 is 1.12 bits per heavy atom. The molecule has 0 aromatic rings. The molecule has 0 aliphatic heterocycles. The molecule has 0 fully saturated rings. The van der Waals surface area contributed by atoms with Crippen LogP contribution in [0.2, 0.25) is 0 Å². The predicted octanol–water partition coefficient (Wildman–Crippen LogP) is -5.73. The van der Waals surface area contributed by atoms with Gasteiger partial charge in [-0.3, -0.25) is 0 Å². The largest absolute Gasteiger partial charge is 1.00 e. The van der Waals surface area contributed by atoms with Gasteiger partial charge in [0.2, 0.25) is 0 Å². The number of aliphatic hydroxyl groups excluding tert-OH is 5. The van der Waals surface area contributed by atoms with Gasteiger partial charge in [0.15, 0.2) is 0 Å². The summed E-state index contributed by atoms with van der Waals surface area (Å²) >= 11 is 8.78. The first-order chi connectivity index (χ1) is 6.90. The first kappa shape index (κ1) is 19.3. The van der Waals surface area contributed by atoms with E-state index in [1.54, 1.807) is 0 Å². The molecule has 0 amide bonds. The van der Waals surface area contributed by atoms with Crippen LogP contribution in [0.4, 0.5) is 0 Å². The summed E-state index contributed by atoms with van der Waals surface area (Å²) in [6, 6.07) is 0. The molecule has 0 spiro atoms. The van der Waals surface area contributed by atoms with Crippen molar-refractivity contribution in [2.24, 2.45) is 0 Å². The molecule has 0 aromatic carbocycles. The van der Waals surface area contributed by atoms with Crippen LogP contribution < -0.4 is 29.6 Å². The van der Waals surface area contributed by atoms with Gasteiger partial charge in [-0.05, 0) is 0 Å². The van der Waals surface area contributed by atoms with Crippen LogP contribution in [0, 0.1) is 0 Å². The number of rotatable bonds is 6. The van der Waals surface area contributed by atoms with E-state index in [-0.39, 0.29) is 33.9 Å². The predicted molar refractivity (Wildman–Crippen MR) is 57.0 cm³/mol. The maximum atomic E-state index is 9.27. The van der Waals surface area contributed by atoms with Gasteiger partial charge in [0.05, 0.1) is 6.61 Å². The Kier molecular flexibility index (Phi) is 11.9. The van der Waals surface area contributed by atoms with E-state index in [1.165, 1.54) is 0 Å². The van der Waals surface area contributed by atoms with Crippen LogP contribution in [0.25, 0.3) is 0 Å². The van der Waals surface area contributed by atoms with E-state index >= 15 is 0 Å². The molecular formula is C7H13NaO6S2. The molecule has 16 heavy (non-hydrogen) atoms. The molecule has 0 heterocycles. The third-order valence-electron chi connectivity index (χ3n) is 1.70. The Morgan fingerprint density at radius 3 is 1.94 bits per heavy atom. The molecule has 0 aliphatic carbocycles. The van der Waals surface area contributed by atoms with Crippen molar-refractivity contribution in [3.05, 3.63) is 0 Å². The van der Waals surface area contributed by atoms with Crippen LogP contribution in [0.1, 0.15) is 0 Å². The third kappa shape index (κ3) is 7.28. The fraction of sp³-hybridized carbons (Fsp3) is 0.857. The number of hydrogen-bond acceptors (Lipinski definition) is 8. The number of thiocarbonyl (C=S) groups is 1. The monoisotopic (exact) mass is 280 g/mol. The molecule has 4 atom stereocenters. The van der Waals surface area contributed by atoms with Crippen molar-refractivity contribution in [3.63, 3.8) is 0 Å². The Morgan fingerprint density at radius 2 is 1.56 bits per heavy atom. The van der Waals surface area contributed by atoms with E-state index in [0.29, 0.717) is 0 Å². The number of aliphatic hydroxyl groups is 5. The van der Waals surface area contributed by atoms with Crippen LogP contribution in [0.5, 0.6) is 0 Å². The summed E-state index contributed by atoms with van der Waals surface area (Å²) in [5.41, 5.74) is 0. The third-order valence-corrected chi connectivity index (χ3v) is 1.93. The maximum Gasteiger partial charge on any atom is 1.00 e. The van der Waals surface area contributed by atoms with Crippen LogP contribution >= 0.6 is 12.2 Å². The summed E-state index contributed by atoms with van der Waals surface area (Å²) in [6.07, 6.45) is -6.32. The second kappa shape index (κ2) is 9.89. The fourth-order valence-electron chi connectivity index (χ4n) is 0.815. The van der Waals surface area contributed by atoms with Crippen LogP contribution in [0.15, 0.2) is 0 Å². The van der Waals surface area contributed by atoms with E-state index in [2.05, 4.69) is 29.6 Å². The molecule has 0 aromatic heterocycles. The Bertz CT molecular complexity index is 207. The normalized spacial score (nSPS) is 17.8. The molecule has 0 saturated carbocycles. The van der Waals surface area contributed by atoms with Crippen molar-refractivity contribution in [2.45, 2.75) is 24.4 Å². The minimum atomic E-state index is -1.67. The van der Waals surface area contributed by atoms with E-state index in [0.717, 1.165) is 0 Å². The summed E-state index contributed by atoms with van der Waals surface area (Å²) in [5.74, 6) is 0. The topological polar surface area (TPSA) is 110 Å². The summed E-state index contributed by atoms with van der Waals surface area (Å²) in [4.78, 5) is 0. The van der Waals surface area contributed by atoms with E-state index < -0.39 is 37.6 Å². The van der Waals surface area contributed by atoms with E-state index in [1.807, 2.05) is 0 Å². The molecular weight excluding hydrogens is 267 g/mol. The molecule has 0 radical (unpaired) electrons. The molecule has 0 rings (SSSR count). The molecule has 0 aliphatic rings. The second-order valence-corrected chi connectivity index (χ2v) is 3.86. The zero-order chi connectivity index (χ0) is 12.0. The average Bonchev–Trinajstić information content (AvgIpc) is 2.22. The smallest absolute Gasteiger partial charge is 0.511 e. The maximum absolute atomic E-state index is 9.27. The Balaban J connectivity index is 0. The number of ether oxygens (including phenoxy) is 1. The van der Waals surface area contributed by atoms with Gasteiger partial charge in [0.1, 0.15) is 31.0 Å². The van der Waals surface area contributed by atoms with Crippen LogP contribution in [-0.4, -0.2) is 67.5 Å².